The summed E-state index contributed by atoms with van der Waals surface area (Å²) in [4.78, 5) is 30.3. The molecule has 3 unspecified atom stereocenters. The van der Waals surface area contributed by atoms with E-state index in [0.717, 1.165) is 37.7 Å². The Balaban J connectivity index is 1.91. The lowest BCUT2D eigenvalue weighted by Gasteiger charge is -2.32. The molecule has 3 atom stereocenters. The molecular weight excluding hydrogens is 280 g/mol. The Labute approximate surface area is 130 Å². The van der Waals surface area contributed by atoms with Crippen molar-refractivity contribution in [2.45, 2.75) is 57.5 Å². The maximum atomic E-state index is 12.9. The molecule has 1 aliphatic carbocycles. The largest absolute Gasteiger partial charge is 0.480 e. The van der Waals surface area contributed by atoms with Gasteiger partial charge in [0.15, 0.2) is 0 Å². The zero-order chi connectivity index (χ0) is 15.7. The summed E-state index contributed by atoms with van der Waals surface area (Å²) in [6.07, 6.45) is 7.19. The van der Waals surface area contributed by atoms with Crippen molar-refractivity contribution >= 4 is 11.9 Å². The summed E-state index contributed by atoms with van der Waals surface area (Å²) in [7, 11) is 0. The maximum Gasteiger partial charge on any atom is 0.326 e. The second-order valence-corrected chi connectivity index (χ2v) is 6.32. The lowest BCUT2D eigenvalue weighted by Crippen LogP contribution is -2.46. The Morgan fingerprint density at radius 1 is 1.36 bits per heavy atom. The first kappa shape index (κ1) is 15.0. The van der Waals surface area contributed by atoms with E-state index in [1.165, 1.54) is 0 Å². The summed E-state index contributed by atoms with van der Waals surface area (Å²) in [5.74, 6) is -0.792. The van der Waals surface area contributed by atoms with Gasteiger partial charge in [0.2, 0.25) is 0 Å². The predicted octanol–water partition coefficient (Wildman–Crippen LogP) is 2.50. The Morgan fingerprint density at radius 3 is 2.86 bits per heavy atom. The number of carboxylic acid groups (broad SMARTS) is 1. The monoisotopic (exact) mass is 302 g/mol. The third kappa shape index (κ3) is 2.60. The van der Waals surface area contributed by atoms with Crippen molar-refractivity contribution in [1.29, 1.82) is 0 Å². The smallest absolute Gasteiger partial charge is 0.326 e. The predicted molar refractivity (Wildman–Crippen MR) is 81.6 cm³/mol. The Bertz CT molecular complexity index is 587. The molecule has 5 heteroatoms. The molecule has 1 N–H and O–H groups in total. The van der Waals surface area contributed by atoms with Gasteiger partial charge in [-0.3, -0.25) is 9.78 Å². The van der Waals surface area contributed by atoms with E-state index in [9.17, 15) is 14.7 Å². The molecule has 1 aromatic rings. The molecular formula is C17H22N2O3. The summed E-state index contributed by atoms with van der Waals surface area (Å²) >= 11 is 0. The minimum atomic E-state index is -0.894. The number of aromatic nitrogens is 1. The van der Waals surface area contributed by atoms with E-state index >= 15 is 0 Å². The molecule has 0 aromatic carbocycles. The van der Waals surface area contributed by atoms with Crippen LogP contribution in [0.1, 0.15) is 55.1 Å². The zero-order valence-electron chi connectivity index (χ0n) is 12.9. The normalized spacial score (nSPS) is 27.5. The van der Waals surface area contributed by atoms with Gasteiger partial charge >= 0.3 is 5.97 Å². The minimum Gasteiger partial charge on any atom is -0.480 e. The molecule has 1 aromatic heterocycles. The number of aryl methyl sites for hydroxylation is 1. The number of carbonyl (C=O) groups excluding carboxylic acids is 1. The van der Waals surface area contributed by atoms with Crippen molar-refractivity contribution in [3.05, 3.63) is 29.6 Å². The molecule has 2 fully saturated rings. The Hall–Kier alpha value is -1.91. The lowest BCUT2D eigenvalue weighted by atomic mass is 9.84. The van der Waals surface area contributed by atoms with Gasteiger partial charge in [-0.2, -0.15) is 0 Å². The van der Waals surface area contributed by atoms with E-state index in [0.29, 0.717) is 18.0 Å². The maximum absolute atomic E-state index is 12.9. The van der Waals surface area contributed by atoms with Crippen LogP contribution in [0.15, 0.2) is 18.3 Å². The van der Waals surface area contributed by atoms with Gasteiger partial charge < -0.3 is 10.0 Å². The van der Waals surface area contributed by atoms with Crippen LogP contribution in [-0.2, 0) is 11.2 Å². The Morgan fingerprint density at radius 2 is 2.14 bits per heavy atom. The van der Waals surface area contributed by atoms with E-state index in [4.69, 9.17) is 0 Å². The van der Waals surface area contributed by atoms with Gasteiger partial charge in [-0.1, -0.05) is 19.8 Å². The van der Waals surface area contributed by atoms with E-state index in [-0.39, 0.29) is 11.9 Å². The lowest BCUT2D eigenvalue weighted by molar-refractivity contribution is -0.141. The summed E-state index contributed by atoms with van der Waals surface area (Å²) in [5.41, 5.74) is 1.42. The van der Waals surface area contributed by atoms with Crippen molar-refractivity contribution in [3.63, 3.8) is 0 Å². The molecule has 1 saturated heterocycles. The second kappa shape index (κ2) is 6.07. The quantitative estimate of drug-likeness (QED) is 0.931. The van der Waals surface area contributed by atoms with Crippen LogP contribution in [0.25, 0.3) is 0 Å². The van der Waals surface area contributed by atoms with E-state index < -0.39 is 12.0 Å². The fourth-order valence-corrected chi connectivity index (χ4v) is 3.92. The van der Waals surface area contributed by atoms with E-state index in [2.05, 4.69) is 4.98 Å². The zero-order valence-corrected chi connectivity index (χ0v) is 12.9. The average Bonchev–Trinajstić information content (AvgIpc) is 2.94. The van der Waals surface area contributed by atoms with Crippen LogP contribution in [0.2, 0.25) is 0 Å². The SMILES string of the molecule is CCc1ccnc(C(=O)N2C(C(=O)O)CC3CCCCC32)c1. The summed E-state index contributed by atoms with van der Waals surface area (Å²) in [5, 5.41) is 9.51. The molecule has 1 amide bonds. The molecule has 22 heavy (non-hydrogen) atoms. The molecule has 1 saturated carbocycles. The van der Waals surface area contributed by atoms with Gasteiger partial charge in [0, 0.05) is 12.2 Å². The van der Waals surface area contributed by atoms with Crippen LogP contribution >= 0.6 is 0 Å². The van der Waals surface area contributed by atoms with Gasteiger partial charge in [0.05, 0.1) is 0 Å². The number of carboxylic acids is 1. The number of aliphatic carboxylic acids is 1. The minimum absolute atomic E-state index is 0.0643. The number of hydrogen-bond acceptors (Lipinski definition) is 3. The van der Waals surface area contributed by atoms with Crippen molar-refractivity contribution in [3.8, 4) is 0 Å². The first-order chi connectivity index (χ1) is 10.6. The van der Waals surface area contributed by atoms with Crippen LogP contribution in [0.4, 0.5) is 0 Å². The number of nitrogens with zero attached hydrogens (tertiary/aromatic N) is 2. The number of fused-ring (bicyclic) bond motifs is 1. The van der Waals surface area contributed by atoms with Gasteiger partial charge in [-0.15, -0.1) is 0 Å². The van der Waals surface area contributed by atoms with Gasteiger partial charge in [-0.25, -0.2) is 4.79 Å². The third-order valence-corrected chi connectivity index (χ3v) is 5.06. The van der Waals surface area contributed by atoms with Crippen LogP contribution in [0, 0.1) is 5.92 Å². The van der Waals surface area contributed by atoms with Crippen molar-refractivity contribution in [1.82, 2.24) is 9.88 Å². The molecule has 0 spiro atoms. The highest BCUT2D eigenvalue weighted by molar-refractivity contribution is 5.95. The van der Waals surface area contributed by atoms with Crippen LogP contribution in [0.3, 0.4) is 0 Å². The number of amides is 1. The number of hydrogen-bond donors (Lipinski definition) is 1. The van der Waals surface area contributed by atoms with Crippen LogP contribution in [0.5, 0.6) is 0 Å². The summed E-state index contributed by atoms with van der Waals surface area (Å²) in [6.45, 7) is 2.02. The van der Waals surface area contributed by atoms with E-state index in [1.54, 1.807) is 17.2 Å². The third-order valence-electron chi connectivity index (χ3n) is 5.06. The van der Waals surface area contributed by atoms with Gasteiger partial charge in [0.1, 0.15) is 11.7 Å². The van der Waals surface area contributed by atoms with Gasteiger partial charge in [0.25, 0.3) is 5.91 Å². The molecule has 5 nitrogen and oxygen atoms in total. The molecule has 2 heterocycles. The summed E-state index contributed by atoms with van der Waals surface area (Å²) in [6, 6.07) is 3.04. The average molecular weight is 302 g/mol. The second-order valence-electron chi connectivity index (χ2n) is 6.32. The fourth-order valence-electron chi connectivity index (χ4n) is 3.92. The molecule has 3 rings (SSSR count). The van der Waals surface area contributed by atoms with Crippen molar-refractivity contribution < 1.29 is 14.7 Å². The highest BCUT2D eigenvalue weighted by Crippen LogP contribution is 2.40. The Kier molecular flexibility index (Phi) is 4.14. The van der Waals surface area contributed by atoms with E-state index in [1.807, 2.05) is 13.0 Å². The van der Waals surface area contributed by atoms with Gasteiger partial charge in [-0.05, 0) is 49.3 Å². The number of likely N-dealkylation sites (tertiary alicyclic amines) is 1. The van der Waals surface area contributed by atoms with Crippen LogP contribution < -0.4 is 0 Å². The molecule has 118 valence electrons. The number of pyridine rings is 1. The number of carbonyl (C=O) groups is 2. The first-order valence-electron chi connectivity index (χ1n) is 8.12. The van der Waals surface area contributed by atoms with Crippen LogP contribution in [-0.4, -0.2) is 39.0 Å². The topological polar surface area (TPSA) is 70.5 Å². The number of rotatable bonds is 3. The highest BCUT2D eigenvalue weighted by Gasteiger charge is 2.47. The molecule has 1 aliphatic heterocycles. The highest BCUT2D eigenvalue weighted by atomic mass is 16.4. The molecule has 2 aliphatic rings. The van der Waals surface area contributed by atoms with Crippen molar-refractivity contribution in [2.24, 2.45) is 5.92 Å². The van der Waals surface area contributed by atoms with Crippen molar-refractivity contribution in [2.75, 3.05) is 0 Å². The molecule has 0 radical (unpaired) electrons. The first-order valence-corrected chi connectivity index (χ1v) is 8.12. The fraction of sp³-hybridized carbons (Fsp3) is 0.588. The molecule has 0 bridgehead atoms. The standard InChI is InChI=1S/C17H22N2O3/c1-2-11-7-8-18-13(9-11)16(20)19-14-6-4-3-5-12(14)10-15(19)17(21)22/h7-9,12,14-15H,2-6,10H2,1H3,(H,21,22). The summed E-state index contributed by atoms with van der Waals surface area (Å²) < 4.78 is 0.